The molecule has 0 unspecified atom stereocenters. The van der Waals surface area contributed by atoms with Crippen molar-refractivity contribution in [3.63, 3.8) is 0 Å². The van der Waals surface area contributed by atoms with Crippen molar-refractivity contribution in [2.45, 2.75) is 38.8 Å². The first-order chi connectivity index (χ1) is 16.2. The maximum absolute atomic E-state index is 12.5. The number of rotatable bonds is 8. The molecule has 34 heavy (non-hydrogen) atoms. The minimum absolute atomic E-state index is 0.136. The van der Waals surface area contributed by atoms with Crippen molar-refractivity contribution in [1.82, 2.24) is 20.5 Å². The van der Waals surface area contributed by atoms with Crippen LogP contribution in [0.15, 0.2) is 36.5 Å². The summed E-state index contributed by atoms with van der Waals surface area (Å²) in [7, 11) is 0. The highest BCUT2D eigenvalue weighted by Gasteiger charge is 2.35. The predicted molar refractivity (Wildman–Crippen MR) is 118 cm³/mol. The summed E-state index contributed by atoms with van der Waals surface area (Å²) in [6.07, 6.45) is 1.82. The lowest BCUT2D eigenvalue weighted by Crippen LogP contribution is -2.42. The summed E-state index contributed by atoms with van der Waals surface area (Å²) < 4.78 is 29.1. The topological polar surface area (TPSA) is 121 Å². The third-order valence-corrected chi connectivity index (χ3v) is 5.58. The lowest BCUT2D eigenvalue weighted by atomic mass is 9.96. The van der Waals surface area contributed by atoms with Crippen LogP contribution in [0.3, 0.4) is 0 Å². The number of phenols is 1. The zero-order valence-corrected chi connectivity index (χ0v) is 18.8. The van der Waals surface area contributed by atoms with E-state index in [9.17, 15) is 28.3 Å². The Hall–Kier alpha value is -3.76. The quantitative estimate of drug-likeness (QED) is 0.538. The standard InChI is InChI=1S/C23H26F2N4O5/c1-3-26-21(32)15-4-6-18(27-10-15)22(33)28-11-17-8-16(12-29(17)13(2)30)14-5-7-20(19(31)9-14)34-23(24)25/h4-7,9-10,16-17,23,31H,3,8,11-12H2,1-2H3,(H,26,32)(H,28,33)/t16-,17-/m1/s1. The Morgan fingerprint density at radius 3 is 2.56 bits per heavy atom. The molecular weight excluding hydrogens is 450 g/mol. The van der Waals surface area contributed by atoms with E-state index in [-0.39, 0.29) is 41.8 Å². The second kappa shape index (κ2) is 10.9. The summed E-state index contributed by atoms with van der Waals surface area (Å²) in [5.74, 6) is -1.79. The summed E-state index contributed by atoms with van der Waals surface area (Å²) in [5.41, 5.74) is 1.14. The van der Waals surface area contributed by atoms with E-state index in [1.807, 2.05) is 0 Å². The van der Waals surface area contributed by atoms with Crippen molar-refractivity contribution < 1.29 is 33.0 Å². The van der Waals surface area contributed by atoms with Gasteiger partial charge in [-0.15, -0.1) is 0 Å². The van der Waals surface area contributed by atoms with Crippen LogP contribution in [-0.2, 0) is 4.79 Å². The van der Waals surface area contributed by atoms with Crippen LogP contribution in [0.1, 0.15) is 52.6 Å². The number of nitrogens with zero attached hydrogens (tertiary/aromatic N) is 2. The van der Waals surface area contributed by atoms with Gasteiger partial charge in [-0.25, -0.2) is 0 Å². The van der Waals surface area contributed by atoms with E-state index in [1.165, 1.54) is 37.4 Å². The van der Waals surface area contributed by atoms with Gasteiger partial charge >= 0.3 is 6.61 Å². The molecule has 1 aromatic carbocycles. The number of likely N-dealkylation sites (tertiary alicyclic amines) is 1. The highest BCUT2D eigenvalue weighted by atomic mass is 19.3. The number of carbonyl (C=O) groups is 3. The number of alkyl halides is 2. The Balaban J connectivity index is 1.64. The van der Waals surface area contributed by atoms with Gasteiger partial charge in [0, 0.05) is 44.7 Å². The first-order valence-electron chi connectivity index (χ1n) is 10.8. The Morgan fingerprint density at radius 1 is 1.21 bits per heavy atom. The number of hydrogen-bond donors (Lipinski definition) is 3. The lowest BCUT2D eigenvalue weighted by Gasteiger charge is -2.23. The monoisotopic (exact) mass is 476 g/mol. The number of benzene rings is 1. The number of halogens is 2. The molecule has 182 valence electrons. The van der Waals surface area contributed by atoms with Gasteiger partial charge in [0.15, 0.2) is 11.5 Å². The van der Waals surface area contributed by atoms with E-state index in [0.717, 1.165) is 0 Å². The molecule has 0 radical (unpaired) electrons. The van der Waals surface area contributed by atoms with Crippen molar-refractivity contribution in [1.29, 1.82) is 0 Å². The minimum atomic E-state index is -3.05. The number of nitrogens with one attached hydrogen (secondary N) is 2. The third-order valence-electron chi connectivity index (χ3n) is 5.58. The molecule has 9 nitrogen and oxygen atoms in total. The maximum Gasteiger partial charge on any atom is 0.387 e. The van der Waals surface area contributed by atoms with Crippen LogP contribution in [0, 0.1) is 0 Å². The number of hydrogen-bond acceptors (Lipinski definition) is 6. The van der Waals surface area contributed by atoms with Crippen molar-refractivity contribution in [3.05, 3.63) is 53.3 Å². The molecule has 1 saturated heterocycles. The first kappa shape index (κ1) is 24.9. The van der Waals surface area contributed by atoms with Crippen LogP contribution in [0.2, 0.25) is 0 Å². The molecule has 0 saturated carbocycles. The summed E-state index contributed by atoms with van der Waals surface area (Å²) in [5, 5.41) is 15.4. The van der Waals surface area contributed by atoms with E-state index < -0.39 is 18.3 Å². The smallest absolute Gasteiger partial charge is 0.387 e. The number of phenolic OH excluding ortho intramolecular Hbond substituents is 1. The second-order valence-corrected chi connectivity index (χ2v) is 7.87. The summed E-state index contributed by atoms with van der Waals surface area (Å²) in [4.78, 5) is 42.1. The summed E-state index contributed by atoms with van der Waals surface area (Å²) in [6, 6.07) is 6.84. The van der Waals surface area contributed by atoms with Gasteiger partial charge < -0.3 is 25.4 Å². The fourth-order valence-electron chi connectivity index (χ4n) is 3.95. The van der Waals surface area contributed by atoms with Crippen LogP contribution in [-0.4, -0.2) is 65.0 Å². The molecule has 3 rings (SSSR count). The summed E-state index contributed by atoms with van der Waals surface area (Å²) >= 11 is 0. The Bertz CT molecular complexity index is 1050. The van der Waals surface area contributed by atoms with Gasteiger partial charge in [0.1, 0.15) is 5.69 Å². The Morgan fingerprint density at radius 2 is 1.97 bits per heavy atom. The van der Waals surface area contributed by atoms with Crippen molar-refractivity contribution in [2.75, 3.05) is 19.6 Å². The first-order valence-corrected chi connectivity index (χ1v) is 10.8. The normalized spacial score (nSPS) is 17.5. The van der Waals surface area contributed by atoms with E-state index in [2.05, 4.69) is 20.4 Å². The zero-order valence-electron chi connectivity index (χ0n) is 18.8. The lowest BCUT2D eigenvalue weighted by molar-refractivity contribution is -0.129. The molecule has 1 aliphatic heterocycles. The number of amides is 3. The largest absolute Gasteiger partial charge is 0.504 e. The van der Waals surface area contributed by atoms with E-state index in [1.54, 1.807) is 17.9 Å². The minimum Gasteiger partial charge on any atom is -0.504 e. The number of aromatic hydroxyl groups is 1. The van der Waals surface area contributed by atoms with Crippen molar-refractivity contribution in [2.24, 2.45) is 0 Å². The van der Waals surface area contributed by atoms with Gasteiger partial charge in [0.25, 0.3) is 11.8 Å². The molecule has 11 heteroatoms. The molecule has 0 bridgehead atoms. The maximum atomic E-state index is 12.5. The molecule has 0 aliphatic carbocycles. The van der Waals surface area contributed by atoms with E-state index in [4.69, 9.17) is 0 Å². The predicted octanol–water partition coefficient (Wildman–Crippen LogP) is 2.27. The zero-order chi connectivity index (χ0) is 24.8. The third kappa shape index (κ3) is 5.97. The van der Waals surface area contributed by atoms with Crippen LogP contribution in [0.5, 0.6) is 11.5 Å². The van der Waals surface area contributed by atoms with Gasteiger partial charge in [0.2, 0.25) is 5.91 Å². The molecule has 0 spiro atoms. The molecule has 2 heterocycles. The highest BCUT2D eigenvalue weighted by molar-refractivity contribution is 5.96. The summed E-state index contributed by atoms with van der Waals surface area (Å²) in [6.45, 7) is 1.17. The van der Waals surface area contributed by atoms with E-state index in [0.29, 0.717) is 30.6 Å². The number of pyridine rings is 1. The van der Waals surface area contributed by atoms with Gasteiger partial charge in [-0.2, -0.15) is 8.78 Å². The van der Waals surface area contributed by atoms with E-state index >= 15 is 0 Å². The molecule has 2 atom stereocenters. The van der Waals surface area contributed by atoms with Crippen LogP contribution in [0.4, 0.5) is 8.78 Å². The molecule has 3 amide bonds. The average molecular weight is 476 g/mol. The number of ether oxygens (including phenoxy) is 1. The Labute approximate surface area is 195 Å². The molecular formula is C23H26F2N4O5. The van der Waals surface area contributed by atoms with Crippen LogP contribution in [0.25, 0.3) is 0 Å². The molecule has 1 aromatic heterocycles. The fourth-order valence-corrected chi connectivity index (χ4v) is 3.95. The van der Waals surface area contributed by atoms with Gasteiger partial charge in [0.05, 0.1) is 5.56 Å². The van der Waals surface area contributed by atoms with Crippen molar-refractivity contribution >= 4 is 17.7 Å². The van der Waals surface area contributed by atoms with Crippen LogP contribution >= 0.6 is 0 Å². The van der Waals surface area contributed by atoms with Crippen molar-refractivity contribution in [3.8, 4) is 11.5 Å². The highest BCUT2D eigenvalue weighted by Crippen LogP contribution is 2.36. The molecule has 1 fully saturated rings. The SMILES string of the molecule is CCNC(=O)c1ccc(C(=O)NC[C@H]2C[C@@H](c3ccc(OC(F)F)c(O)c3)CN2C(C)=O)nc1. The molecule has 3 N–H and O–H groups in total. The number of carbonyl (C=O) groups excluding carboxylic acids is 3. The van der Waals surface area contributed by atoms with Gasteiger partial charge in [-0.3, -0.25) is 19.4 Å². The average Bonchev–Trinajstić information content (AvgIpc) is 3.23. The second-order valence-electron chi connectivity index (χ2n) is 7.87. The molecule has 1 aliphatic rings. The fraction of sp³-hybridized carbons (Fsp3) is 0.391. The Kier molecular flexibility index (Phi) is 7.98. The van der Waals surface area contributed by atoms with Gasteiger partial charge in [-0.05, 0) is 43.2 Å². The number of aromatic nitrogens is 1. The van der Waals surface area contributed by atoms with Gasteiger partial charge in [-0.1, -0.05) is 6.07 Å². The molecule has 2 aromatic rings. The van der Waals surface area contributed by atoms with Crippen LogP contribution < -0.4 is 15.4 Å².